The van der Waals surface area contributed by atoms with E-state index in [-0.39, 0.29) is 0 Å². The Morgan fingerprint density at radius 1 is 0.800 bits per heavy atom. The quantitative estimate of drug-likeness (QED) is 0.357. The van der Waals surface area contributed by atoms with Crippen molar-refractivity contribution >= 4 is 40.5 Å². The van der Waals surface area contributed by atoms with Gasteiger partial charge in [0.1, 0.15) is 0 Å². The molecule has 0 unspecified atom stereocenters. The summed E-state index contributed by atoms with van der Waals surface area (Å²) in [6.45, 7) is 2.13. The highest BCUT2D eigenvalue weighted by Crippen LogP contribution is 2.39. The van der Waals surface area contributed by atoms with Crippen LogP contribution in [-0.4, -0.2) is 4.40 Å². The molecular weight excluding hydrogens is 369 g/mol. The molecule has 2 aromatic carbocycles. The van der Waals surface area contributed by atoms with Crippen molar-refractivity contribution in [2.75, 3.05) is 0 Å². The molecule has 4 heteroatoms. The first-order valence-electron chi connectivity index (χ1n) is 7.92. The minimum atomic E-state index is 0.746. The van der Waals surface area contributed by atoms with Crippen LogP contribution in [0.3, 0.4) is 0 Å². The van der Waals surface area contributed by atoms with E-state index < -0.39 is 0 Å². The zero-order chi connectivity index (χ0) is 17.4. The third kappa shape index (κ3) is 3.30. The second-order valence-electron chi connectivity index (χ2n) is 5.85. The monoisotopic (exact) mass is 383 g/mol. The zero-order valence-corrected chi connectivity index (χ0v) is 15.9. The van der Waals surface area contributed by atoms with Crippen LogP contribution in [0.15, 0.2) is 82.7 Å². The summed E-state index contributed by atoms with van der Waals surface area (Å²) in [7, 11) is 0. The number of fused-ring (bicyclic) bond motifs is 1. The van der Waals surface area contributed by atoms with Crippen LogP contribution in [0, 0.1) is 6.92 Å². The van der Waals surface area contributed by atoms with E-state index in [1.807, 2.05) is 24.3 Å². The minimum Gasteiger partial charge on any atom is -0.308 e. The molecule has 4 aromatic rings. The molecule has 0 aliphatic carbocycles. The topological polar surface area (TPSA) is 4.41 Å². The maximum atomic E-state index is 6.06. The number of nitrogens with zero attached hydrogens (tertiary/aromatic N) is 1. The van der Waals surface area contributed by atoms with E-state index in [0.29, 0.717) is 0 Å². The van der Waals surface area contributed by atoms with Crippen LogP contribution in [0.5, 0.6) is 0 Å². The fourth-order valence-electron chi connectivity index (χ4n) is 2.91. The van der Waals surface area contributed by atoms with Gasteiger partial charge in [-0.2, -0.15) is 0 Å². The standard InChI is InChI=1S/C21H15Cl2NS/c1-14-3-2-4-18-13-20(15-5-7-16(22)8-6-15)21(24(14)18)25-19-11-9-17(23)10-12-19/h2-13H,1H3. The molecule has 0 spiro atoms. The Hall–Kier alpha value is -1.87. The number of pyridine rings is 1. The van der Waals surface area contributed by atoms with Crippen molar-refractivity contribution in [3.63, 3.8) is 0 Å². The summed E-state index contributed by atoms with van der Waals surface area (Å²) in [5.41, 5.74) is 4.74. The van der Waals surface area contributed by atoms with E-state index >= 15 is 0 Å². The highest BCUT2D eigenvalue weighted by atomic mass is 35.5. The molecule has 0 amide bonds. The van der Waals surface area contributed by atoms with Gasteiger partial charge in [0.05, 0.1) is 5.03 Å². The van der Waals surface area contributed by atoms with Gasteiger partial charge in [0.25, 0.3) is 0 Å². The van der Waals surface area contributed by atoms with Crippen molar-refractivity contribution in [3.8, 4) is 11.1 Å². The van der Waals surface area contributed by atoms with E-state index in [4.69, 9.17) is 23.2 Å². The number of hydrogen-bond donors (Lipinski definition) is 0. The summed E-state index contributed by atoms with van der Waals surface area (Å²) in [5.74, 6) is 0. The van der Waals surface area contributed by atoms with Crippen LogP contribution in [0.4, 0.5) is 0 Å². The Morgan fingerprint density at radius 3 is 2.12 bits per heavy atom. The maximum absolute atomic E-state index is 6.06. The Kier molecular flexibility index (Phi) is 4.51. The van der Waals surface area contributed by atoms with E-state index in [1.165, 1.54) is 21.8 Å². The second kappa shape index (κ2) is 6.80. The third-order valence-corrected chi connectivity index (χ3v) is 5.73. The number of aromatic nitrogens is 1. The van der Waals surface area contributed by atoms with Crippen LogP contribution < -0.4 is 0 Å². The van der Waals surface area contributed by atoms with Gasteiger partial charge < -0.3 is 4.40 Å². The highest BCUT2D eigenvalue weighted by molar-refractivity contribution is 7.99. The summed E-state index contributed by atoms with van der Waals surface area (Å²) < 4.78 is 2.29. The van der Waals surface area contributed by atoms with Crippen LogP contribution in [-0.2, 0) is 0 Å². The Bertz CT molecular complexity index is 1030. The predicted octanol–water partition coefficient (Wildman–Crippen LogP) is 7.37. The number of benzene rings is 2. The van der Waals surface area contributed by atoms with Crippen LogP contribution in [0.2, 0.25) is 10.0 Å². The molecule has 1 nitrogen and oxygen atoms in total. The lowest BCUT2D eigenvalue weighted by Crippen LogP contribution is -1.92. The molecule has 4 rings (SSSR count). The first kappa shape index (κ1) is 16.6. The highest BCUT2D eigenvalue weighted by Gasteiger charge is 2.15. The van der Waals surface area contributed by atoms with Gasteiger partial charge in [0, 0.05) is 31.7 Å². The summed E-state index contributed by atoms with van der Waals surface area (Å²) in [6, 6.07) is 24.5. The second-order valence-corrected chi connectivity index (χ2v) is 7.79. The van der Waals surface area contributed by atoms with Crippen molar-refractivity contribution < 1.29 is 0 Å². The van der Waals surface area contributed by atoms with Gasteiger partial charge in [-0.25, -0.2) is 0 Å². The Morgan fingerprint density at radius 2 is 1.44 bits per heavy atom. The fourth-order valence-corrected chi connectivity index (χ4v) is 4.28. The van der Waals surface area contributed by atoms with E-state index in [1.54, 1.807) is 11.8 Å². The predicted molar refractivity (Wildman–Crippen MR) is 108 cm³/mol. The lowest BCUT2D eigenvalue weighted by molar-refractivity contribution is 0.990. The maximum Gasteiger partial charge on any atom is 0.0924 e. The Balaban J connectivity index is 1.91. The molecule has 0 saturated heterocycles. The van der Waals surface area contributed by atoms with Crippen LogP contribution in [0.1, 0.15) is 5.69 Å². The van der Waals surface area contributed by atoms with Crippen LogP contribution >= 0.6 is 35.0 Å². The van der Waals surface area contributed by atoms with Crippen molar-refractivity contribution in [3.05, 3.63) is 88.5 Å². The first-order valence-corrected chi connectivity index (χ1v) is 9.49. The van der Waals surface area contributed by atoms with Gasteiger partial charge in [0.2, 0.25) is 0 Å². The summed E-state index contributed by atoms with van der Waals surface area (Å²) in [6.07, 6.45) is 0. The number of hydrogen-bond acceptors (Lipinski definition) is 1. The molecule has 25 heavy (non-hydrogen) atoms. The van der Waals surface area contributed by atoms with Gasteiger partial charge >= 0.3 is 0 Å². The third-order valence-electron chi connectivity index (χ3n) is 4.12. The molecule has 2 aromatic heterocycles. The molecule has 0 radical (unpaired) electrons. The molecule has 0 aliphatic heterocycles. The number of halogens is 2. The van der Waals surface area contributed by atoms with Crippen molar-refractivity contribution in [1.82, 2.24) is 4.40 Å². The van der Waals surface area contributed by atoms with Gasteiger partial charge in [-0.1, -0.05) is 53.2 Å². The largest absolute Gasteiger partial charge is 0.308 e. The molecule has 2 heterocycles. The summed E-state index contributed by atoms with van der Waals surface area (Å²) >= 11 is 13.8. The molecular formula is C21H15Cl2NS. The fraction of sp³-hybridized carbons (Fsp3) is 0.0476. The van der Waals surface area contributed by atoms with E-state index in [9.17, 15) is 0 Å². The Labute approximate surface area is 161 Å². The lowest BCUT2D eigenvalue weighted by atomic mass is 10.1. The first-order chi connectivity index (χ1) is 12.1. The lowest BCUT2D eigenvalue weighted by Gasteiger charge is -2.09. The minimum absolute atomic E-state index is 0.746. The molecule has 0 bridgehead atoms. The van der Waals surface area contributed by atoms with Gasteiger partial charge in [-0.05, 0) is 67.1 Å². The van der Waals surface area contributed by atoms with Crippen molar-refractivity contribution in [2.24, 2.45) is 0 Å². The molecule has 0 fully saturated rings. The van der Waals surface area contributed by atoms with Gasteiger partial charge in [-0.3, -0.25) is 0 Å². The smallest absolute Gasteiger partial charge is 0.0924 e. The summed E-state index contributed by atoms with van der Waals surface area (Å²) in [5, 5.41) is 2.69. The van der Waals surface area contributed by atoms with Gasteiger partial charge in [-0.15, -0.1) is 0 Å². The SMILES string of the molecule is Cc1cccc2cc(-c3ccc(Cl)cc3)c(Sc3ccc(Cl)cc3)n12. The molecule has 0 aliphatic rings. The average molecular weight is 384 g/mol. The summed E-state index contributed by atoms with van der Waals surface area (Å²) in [4.78, 5) is 1.16. The molecule has 124 valence electrons. The van der Waals surface area contributed by atoms with E-state index in [0.717, 1.165) is 20.5 Å². The van der Waals surface area contributed by atoms with Crippen molar-refractivity contribution in [1.29, 1.82) is 0 Å². The normalized spacial score (nSPS) is 11.2. The van der Waals surface area contributed by atoms with E-state index in [2.05, 4.69) is 59.9 Å². The van der Waals surface area contributed by atoms with Crippen LogP contribution in [0.25, 0.3) is 16.6 Å². The van der Waals surface area contributed by atoms with Gasteiger partial charge in [0.15, 0.2) is 0 Å². The molecule has 0 saturated carbocycles. The number of rotatable bonds is 3. The zero-order valence-electron chi connectivity index (χ0n) is 13.5. The average Bonchev–Trinajstić information content (AvgIpc) is 2.97. The molecule has 0 atom stereocenters. The molecule has 0 N–H and O–H groups in total. The number of aryl methyl sites for hydroxylation is 1. The van der Waals surface area contributed by atoms with Crippen molar-refractivity contribution in [2.45, 2.75) is 16.8 Å².